The second-order valence-corrected chi connectivity index (χ2v) is 13.7. The van der Waals surface area contributed by atoms with Crippen molar-refractivity contribution >= 4 is 21.8 Å². The molecule has 0 fully saturated rings. The van der Waals surface area contributed by atoms with Crippen molar-refractivity contribution in [1.29, 1.82) is 0 Å². The maximum Gasteiger partial charge on any atom is 0.0541 e. The average molecular weight is 666 g/mol. The molecule has 1 heteroatoms. The summed E-state index contributed by atoms with van der Waals surface area (Å²) in [7, 11) is 0. The minimum Gasteiger partial charge on any atom is -0.309 e. The lowest BCUT2D eigenvalue weighted by Gasteiger charge is -2.12. The van der Waals surface area contributed by atoms with Crippen LogP contribution in [0.5, 0.6) is 0 Å². The predicted octanol–water partition coefficient (Wildman–Crippen LogP) is 13.6. The number of aryl methyl sites for hydroxylation is 2. The van der Waals surface area contributed by atoms with Gasteiger partial charge in [0.05, 0.1) is 11.0 Å². The second kappa shape index (κ2) is 14.1. The molecule has 0 spiro atoms. The highest BCUT2D eigenvalue weighted by atomic mass is 15.0. The van der Waals surface area contributed by atoms with Crippen LogP contribution >= 0.6 is 0 Å². The van der Waals surface area contributed by atoms with E-state index in [1.165, 1.54) is 83.1 Å². The van der Waals surface area contributed by atoms with Crippen LogP contribution < -0.4 is 0 Å². The Labute approximate surface area is 306 Å². The number of fused-ring (bicyclic) bond motifs is 3. The number of nitrogens with zero attached hydrogens (tertiary/aromatic N) is 1. The van der Waals surface area contributed by atoms with Crippen LogP contribution in [0.2, 0.25) is 0 Å². The minimum absolute atomic E-state index is 1.06. The van der Waals surface area contributed by atoms with E-state index in [1.54, 1.807) is 0 Å². The van der Waals surface area contributed by atoms with Crippen LogP contribution in [0.4, 0.5) is 0 Å². The van der Waals surface area contributed by atoms with Crippen LogP contribution in [-0.4, -0.2) is 4.57 Å². The largest absolute Gasteiger partial charge is 0.309 e. The van der Waals surface area contributed by atoms with Gasteiger partial charge in [-0.2, -0.15) is 0 Å². The zero-order valence-electron chi connectivity index (χ0n) is 29.1. The summed E-state index contributed by atoms with van der Waals surface area (Å²) in [6, 6.07) is 73.0. The Kier molecular flexibility index (Phi) is 8.52. The molecule has 8 aromatic carbocycles. The van der Waals surface area contributed by atoms with E-state index < -0.39 is 0 Å². The molecule has 9 aromatic rings. The fraction of sp³-hybridized carbons (Fsp3) is 0.0588. The van der Waals surface area contributed by atoms with E-state index in [-0.39, 0.29) is 0 Å². The summed E-state index contributed by atoms with van der Waals surface area (Å²) >= 11 is 0. The zero-order chi connectivity index (χ0) is 34.7. The van der Waals surface area contributed by atoms with Gasteiger partial charge in [-0.3, -0.25) is 0 Å². The highest BCUT2D eigenvalue weighted by Crippen LogP contribution is 2.34. The van der Waals surface area contributed by atoms with Crippen LogP contribution in [0, 0.1) is 0 Å². The number of hydrogen-bond acceptors (Lipinski definition) is 0. The van der Waals surface area contributed by atoms with Gasteiger partial charge in [0.15, 0.2) is 0 Å². The summed E-state index contributed by atoms with van der Waals surface area (Å²) in [4.78, 5) is 0. The highest BCUT2D eigenvalue weighted by molar-refractivity contribution is 6.09. The summed E-state index contributed by atoms with van der Waals surface area (Å²) in [5, 5.41) is 2.58. The first-order chi connectivity index (χ1) is 25.8. The lowest BCUT2D eigenvalue weighted by molar-refractivity contribution is 0.821. The van der Waals surface area contributed by atoms with E-state index in [0.29, 0.717) is 0 Å². The van der Waals surface area contributed by atoms with Crippen LogP contribution in [0.25, 0.3) is 72.0 Å². The maximum absolute atomic E-state index is 2.37. The number of hydrogen-bond donors (Lipinski definition) is 0. The molecular formula is C51H39N. The third-order valence-corrected chi connectivity index (χ3v) is 10.4. The molecule has 0 saturated heterocycles. The van der Waals surface area contributed by atoms with Crippen LogP contribution in [0.1, 0.15) is 17.5 Å². The van der Waals surface area contributed by atoms with Gasteiger partial charge in [0.2, 0.25) is 0 Å². The van der Waals surface area contributed by atoms with Gasteiger partial charge in [-0.15, -0.1) is 0 Å². The fourth-order valence-corrected chi connectivity index (χ4v) is 7.62. The molecule has 0 aliphatic heterocycles. The van der Waals surface area contributed by atoms with E-state index in [0.717, 1.165) is 19.3 Å². The Hall–Kier alpha value is -6.44. The molecule has 0 amide bonds. The van der Waals surface area contributed by atoms with Gasteiger partial charge in [0.25, 0.3) is 0 Å². The summed E-state index contributed by atoms with van der Waals surface area (Å²) < 4.78 is 2.37. The number of para-hydroxylation sites is 2. The van der Waals surface area contributed by atoms with Gasteiger partial charge in [-0.1, -0.05) is 158 Å². The molecule has 0 atom stereocenters. The highest BCUT2D eigenvalue weighted by Gasteiger charge is 2.12. The minimum atomic E-state index is 1.06. The molecule has 1 nitrogen and oxygen atoms in total. The Morgan fingerprint density at radius 1 is 0.288 bits per heavy atom. The van der Waals surface area contributed by atoms with Crippen LogP contribution in [0.15, 0.2) is 200 Å². The predicted molar refractivity (Wildman–Crippen MR) is 221 cm³/mol. The average Bonchev–Trinajstić information content (AvgIpc) is 3.56. The van der Waals surface area contributed by atoms with Crippen molar-refractivity contribution in [3.63, 3.8) is 0 Å². The van der Waals surface area contributed by atoms with Crippen molar-refractivity contribution < 1.29 is 0 Å². The fourth-order valence-electron chi connectivity index (χ4n) is 7.62. The molecule has 0 radical (unpaired) electrons. The van der Waals surface area contributed by atoms with Gasteiger partial charge in [0.1, 0.15) is 0 Å². The van der Waals surface area contributed by atoms with Gasteiger partial charge < -0.3 is 4.57 Å². The SMILES string of the molecule is c1ccc(-c2cc(-c3ccccc3)cc(-c3ccc(CCCc4ccc(-c5ccc(-n6c7ccccc7c7ccccc76)cc5)cc4)cc3)c2)cc1. The number of benzene rings is 8. The Morgan fingerprint density at radius 3 is 1.08 bits per heavy atom. The Balaban J connectivity index is 0.865. The van der Waals surface area contributed by atoms with Gasteiger partial charge in [0, 0.05) is 16.5 Å². The van der Waals surface area contributed by atoms with Gasteiger partial charge >= 0.3 is 0 Å². The summed E-state index contributed by atoms with van der Waals surface area (Å²) in [5.41, 5.74) is 16.4. The molecule has 0 aliphatic carbocycles. The van der Waals surface area contributed by atoms with Crippen molar-refractivity contribution in [2.75, 3.05) is 0 Å². The Morgan fingerprint density at radius 2 is 0.635 bits per heavy atom. The maximum atomic E-state index is 2.37. The van der Waals surface area contributed by atoms with Crippen LogP contribution in [-0.2, 0) is 12.8 Å². The van der Waals surface area contributed by atoms with Crippen molar-refractivity contribution in [2.24, 2.45) is 0 Å². The van der Waals surface area contributed by atoms with Gasteiger partial charge in [-0.05, 0) is 117 Å². The van der Waals surface area contributed by atoms with Gasteiger partial charge in [-0.25, -0.2) is 0 Å². The zero-order valence-corrected chi connectivity index (χ0v) is 29.1. The molecular weight excluding hydrogens is 627 g/mol. The summed E-state index contributed by atoms with van der Waals surface area (Å²) in [6.45, 7) is 0. The quantitative estimate of drug-likeness (QED) is 0.145. The molecule has 0 unspecified atom stereocenters. The molecule has 1 heterocycles. The molecule has 9 rings (SSSR count). The van der Waals surface area contributed by atoms with E-state index in [2.05, 4.69) is 205 Å². The van der Waals surface area contributed by atoms with Crippen molar-refractivity contribution in [2.45, 2.75) is 19.3 Å². The Bertz CT molecular complexity index is 2480. The lowest BCUT2D eigenvalue weighted by Crippen LogP contribution is -1.93. The monoisotopic (exact) mass is 665 g/mol. The second-order valence-electron chi connectivity index (χ2n) is 13.7. The van der Waals surface area contributed by atoms with Crippen molar-refractivity contribution in [3.05, 3.63) is 211 Å². The molecule has 248 valence electrons. The smallest absolute Gasteiger partial charge is 0.0541 e. The van der Waals surface area contributed by atoms with E-state index >= 15 is 0 Å². The third kappa shape index (κ3) is 6.34. The normalized spacial score (nSPS) is 11.3. The first kappa shape index (κ1) is 31.5. The van der Waals surface area contributed by atoms with E-state index in [4.69, 9.17) is 0 Å². The molecule has 0 N–H and O–H groups in total. The molecule has 0 saturated carbocycles. The van der Waals surface area contributed by atoms with Crippen molar-refractivity contribution in [3.8, 4) is 50.2 Å². The molecule has 0 aliphatic rings. The molecule has 52 heavy (non-hydrogen) atoms. The molecule has 1 aromatic heterocycles. The standard InChI is InChI=1S/C51H39N/c1-3-14-39(15-4-1)44-34-45(40-16-5-2-6-17-40)36-46(35-44)43-28-24-38(25-29-43)13-11-12-37-22-26-41(27-23-37)42-30-32-47(33-31-42)52-50-20-9-7-18-48(50)49-19-8-10-21-51(49)52/h1-10,14-36H,11-13H2. The lowest BCUT2D eigenvalue weighted by atomic mass is 9.93. The topological polar surface area (TPSA) is 4.93 Å². The first-order valence-corrected chi connectivity index (χ1v) is 18.3. The summed E-state index contributed by atoms with van der Waals surface area (Å²) in [5.74, 6) is 0. The van der Waals surface area contributed by atoms with E-state index in [1.807, 2.05) is 0 Å². The number of aromatic nitrogens is 1. The van der Waals surface area contributed by atoms with Crippen molar-refractivity contribution in [1.82, 2.24) is 4.57 Å². The van der Waals surface area contributed by atoms with E-state index in [9.17, 15) is 0 Å². The molecule has 0 bridgehead atoms. The first-order valence-electron chi connectivity index (χ1n) is 18.3. The summed E-state index contributed by atoms with van der Waals surface area (Å²) in [6.07, 6.45) is 3.24. The number of rotatable bonds is 9. The van der Waals surface area contributed by atoms with Crippen LogP contribution in [0.3, 0.4) is 0 Å². The third-order valence-electron chi connectivity index (χ3n) is 10.4.